The molecule has 1 fully saturated rings. The number of hydrogen-bond acceptors (Lipinski definition) is 5. The van der Waals surface area contributed by atoms with Crippen LogP contribution in [0.4, 0.5) is 21.9 Å². The van der Waals surface area contributed by atoms with Crippen molar-refractivity contribution < 1.29 is 14.3 Å². The van der Waals surface area contributed by atoms with Crippen LogP contribution in [0.25, 0.3) is 0 Å². The van der Waals surface area contributed by atoms with E-state index in [1.165, 1.54) is 0 Å². The highest BCUT2D eigenvalue weighted by atomic mass is 16.5. The normalized spacial score (nSPS) is 14.0. The van der Waals surface area contributed by atoms with E-state index in [9.17, 15) is 9.59 Å². The maximum Gasteiger partial charge on any atom is 0.323 e. The molecule has 0 atom stereocenters. The van der Waals surface area contributed by atoms with E-state index >= 15 is 0 Å². The average Bonchev–Trinajstić information content (AvgIpc) is 2.87. The van der Waals surface area contributed by atoms with Crippen LogP contribution < -0.4 is 25.6 Å². The highest BCUT2D eigenvalue weighted by Crippen LogP contribution is 2.29. The van der Waals surface area contributed by atoms with Gasteiger partial charge in [-0.1, -0.05) is 32.9 Å². The van der Waals surface area contributed by atoms with Crippen LogP contribution in [-0.4, -0.2) is 63.2 Å². The number of ether oxygens (including phenoxy) is 1. The zero-order chi connectivity index (χ0) is 25.2. The summed E-state index contributed by atoms with van der Waals surface area (Å²) in [5, 5.41) is 8.73. The number of piperidine rings is 1. The lowest BCUT2D eigenvalue weighted by molar-refractivity contribution is 0.0949. The smallest absolute Gasteiger partial charge is 0.323 e. The highest BCUT2D eigenvalue weighted by molar-refractivity contribution is 6.04. The Morgan fingerprint density at radius 2 is 1.77 bits per heavy atom. The van der Waals surface area contributed by atoms with E-state index in [2.05, 4.69) is 46.5 Å². The predicted octanol–water partition coefficient (Wildman–Crippen LogP) is 4.65. The molecule has 8 heteroatoms. The van der Waals surface area contributed by atoms with Crippen molar-refractivity contribution in [2.24, 2.45) is 5.92 Å². The van der Waals surface area contributed by atoms with Crippen molar-refractivity contribution in [1.82, 2.24) is 10.2 Å². The summed E-state index contributed by atoms with van der Waals surface area (Å²) in [5.74, 6) is 1.14. The van der Waals surface area contributed by atoms with Gasteiger partial charge in [0.15, 0.2) is 0 Å². The van der Waals surface area contributed by atoms with Crippen LogP contribution in [0, 0.1) is 5.92 Å². The summed E-state index contributed by atoms with van der Waals surface area (Å²) >= 11 is 0. The molecule has 8 nitrogen and oxygen atoms in total. The third-order valence-electron chi connectivity index (χ3n) is 6.59. The molecule has 1 aliphatic heterocycles. The number of methoxy groups -OCH3 is 1. The van der Waals surface area contributed by atoms with Gasteiger partial charge in [-0.3, -0.25) is 4.79 Å². The van der Waals surface area contributed by atoms with Crippen molar-refractivity contribution in [1.29, 1.82) is 0 Å². The number of rotatable bonds is 10. The fraction of sp³-hybridized carbons (Fsp3) is 0.481. The van der Waals surface area contributed by atoms with Gasteiger partial charge in [0.1, 0.15) is 5.75 Å². The van der Waals surface area contributed by atoms with Crippen molar-refractivity contribution in [3.8, 4) is 5.75 Å². The Kier molecular flexibility index (Phi) is 9.78. The Balaban J connectivity index is 1.76. The molecule has 190 valence electrons. The topological polar surface area (TPSA) is 85.9 Å². The second-order valence-electron chi connectivity index (χ2n) is 8.96. The van der Waals surface area contributed by atoms with Crippen LogP contribution in [0.2, 0.25) is 0 Å². The van der Waals surface area contributed by atoms with Crippen LogP contribution in [0.5, 0.6) is 5.75 Å². The lowest BCUT2D eigenvalue weighted by Crippen LogP contribution is -2.37. The van der Waals surface area contributed by atoms with Crippen molar-refractivity contribution in [3.63, 3.8) is 0 Å². The number of likely N-dealkylation sites (N-methyl/N-ethyl adjacent to an activating group) is 1. The van der Waals surface area contributed by atoms with Gasteiger partial charge in [0.25, 0.3) is 5.91 Å². The number of benzene rings is 2. The molecule has 1 aliphatic rings. The van der Waals surface area contributed by atoms with Crippen molar-refractivity contribution in [3.05, 3.63) is 48.0 Å². The van der Waals surface area contributed by atoms with Crippen LogP contribution in [-0.2, 0) is 0 Å². The maximum absolute atomic E-state index is 13.2. The van der Waals surface area contributed by atoms with E-state index in [0.717, 1.165) is 51.3 Å². The van der Waals surface area contributed by atoms with E-state index in [1.54, 1.807) is 25.3 Å². The minimum absolute atomic E-state index is 0.125. The number of nitrogens with one attached hydrogen (secondary N) is 3. The Hall–Kier alpha value is -3.26. The molecule has 2 aromatic carbocycles. The molecule has 0 aliphatic carbocycles. The molecule has 0 saturated carbocycles. The molecule has 35 heavy (non-hydrogen) atoms. The molecule has 0 spiro atoms. The Morgan fingerprint density at radius 3 is 2.46 bits per heavy atom. The van der Waals surface area contributed by atoms with Crippen LogP contribution >= 0.6 is 0 Å². The largest absolute Gasteiger partial charge is 0.495 e. The fourth-order valence-corrected chi connectivity index (χ4v) is 4.32. The fourth-order valence-electron chi connectivity index (χ4n) is 4.32. The molecule has 3 rings (SSSR count). The van der Waals surface area contributed by atoms with Crippen molar-refractivity contribution >= 4 is 29.0 Å². The Bertz CT molecular complexity index is 985. The molecular formula is C27H39N5O3. The summed E-state index contributed by atoms with van der Waals surface area (Å²) in [6.45, 7) is 11.6. The van der Waals surface area contributed by atoms with Crippen molar-refractivity contribution in [2.45, 2.75) is 33.6 Å². The number of carbonyl (C=O) groups excluding carboxylic acids is 2. The summed E-state index contributed by atoms with van der Waals surface area (Å²) in [6, 6.07) is 12.4. The molecular weight excluding hydrogens is 442 g/mol. The van der Waals surface area contributed by atoms with E-state index in [1.807, 2.05) is 24.3 Å². The van der Waals surface area contributed by atoms with Gasteiger partial charge in [-0.05, 0) is 62.2 Å². The number of hydrogen-bond donors (Lipinski definition) is 3. The van der Waals surface area contributed by atoms with Gasteiger partial charge < -0.3 is 30.5 Å². The monoisotopic (exact) mass is 481 g/mol. The van der Waals surface area contributed by atoms with Crippen molar-refractivity contribution in [2.75, 3.05) is 61.9 Å². The Morgan fingerprint density at radius 1 is 1.06 bits per heavy atom. The van der Waals surface area contributed by atoms with E-state index < -0.39 is 6.03 Å². The van der Waals surface area contributed by atoms with E-state index in [0.29, 0.717) is 35.2 Å². The first-order valence-electron chi connectivity index (χ1n) is 12.6. The number of carbonyl (C=O) groups is 2. The summed E-state index contributed by atoms with van der Waals surface area (Å²) in [6.07, 6.45) is 2.20. The molecule has 3 N–H and O–H groups in total. The summed E-state index contributed by atoms with van der Waals surface area (Å²) in [4.78, 5) is 30.5. The zero-order valence-corrected chi connectivity index (χ0v) is 21.4. The SMILES string of the molecule is CCN(CC)CCNC(=O)c1cc(NC(=O)Nc2ccccc2OC)ccc1N1CCC(C)CC1. The maximum atomic E-state index is 13.2. The summed E-state index contributed by atoms with van der Waals surface area (Å²) in [7, 11) is 1.56. The molecule has 0 unspecified atom stereocenters. The molecule has 0 aromatic heterocycles. The second-order valence-corrected chi connectivity index (χ2v) is 8.96. The third-order valence-corrected chi connectivity index (χ3v) is 6.59. The lowest BCUT2D eigenvalue weighted by atomic mass is 9.98. The van der Waals surface area contributed by atoms with Gasteiger partial charge in [-0.15, -0.1) is 0 Å². The average molecular weight is 482 g/mol. The molecule has 0 radical (unpaired) electrons. The summed E-state index contributed by atoms with van der Waals surface area (Å²) in [5.41, 5.74) is 2.61. The summed E-state index contributed by atoms with van der Waals surface area (Å²) < 4.78 is 5.30. The van der Waals surface area contributed by atoms with Crippen LogP contribution in [0.3, 0.4) is 0 Å². The van der Waals surface area contributed by atoms with Gasteiger partial charge in [0.2, 0.25) is 0 Å². The first kappa shape index (κ1) is 26.3. The highest BCUT2D eigenvalue weighted by Gasteiger charge is 2.22. The minimum Gasteiger partial charge on any atom is -0.495 e. The van der Waals surface area contributed by atoms with Gasteiger partial charge in [0.05, 0.1) is 18.4 Å². The van der Waals surface area contributed by atoms with Gasteiger partial charge in [0, 0.05) is 37.6 Å². The third kappa shape index (κ3) is 7.36. The lowest BCUT2D eigenvalue weighted by Gasteiger charge is -2.33. The van der Waals surface area contributed by atoms with Crippen LogP contribution in [0.15, 0.2) is 42.5 Å². The molecule has 1 saturated heterocycles. The molecule has 2 aromatic rings. The van der Waals surface area contributed by atoms with Crippen LogP contribution in [0.1, 0.15) is 44.0 Å². The van der Waals surface area contributed by atoms with E-state index in [4.69, 9.17) is 4.74 Å². The van der Waals surface area contributed by atoms with Gasteiger partial charge >= 0.3 is 6.03 Å². The molecule has 1 heterocycles. The number of amides is 3. The van der Waals surface area contributed by atoms with E-state index in [-0.39, 0.29) is 5.91 Å². The first-order chi connectivity index (χ1) is 16.9. The zero-order valence-electron chi connectivity index (χ0n) is 21.4. The van der Waals surface area contributed by atoms with Gasteiger partial charge in [-0.2, -0.15) is 0 Å². The number of anilines is 3. The quantitative estimate of drug-likeness (QED) is 0.460. The Labute approximate surface area is 209 Å². The number of urea groups is 1. The van der Waals surface area contributed by atoms with Gasteiger partial charge in [-0.25, -0.2) is 4.79 Å². The number of nitrogens with zero attached hydrogens (tertiary/aromatic N) is 2. The standard InChI is InChI=1S/C27H39N5O3/c1-5-31(6-2)18-15-28-26(33)22-19-21(11-12-24(22)32-16-13-20(3)14-17-32)29-27(34)30-23-9-7-8-10-25(23)35-4/h7-12,19-20H,5-6,13-18H2,1-4H3,(H,28,33)(H2,29,30,34). The first-order valence-corrected chi connectivity index (χ1v) is 12.6. The second kappa shape index (κ2) is 13.0. The molecule has 3 amide bonds. The predicted molar refractivity (Wildman–Crippen MR) is 143 cm³/mol. The molecule has 0 bridgehead atoms. The number of para-hydroxylation sites is 2. The minimum atomic E-state index is -0.401.